The fraction of sp³-hybridized carbons (Fsp3) is 0.0769. The molecule has 2 aliphatic heterocycles. The summed E-state index contributed by atoms with van der Waals surface area (Å²) in [6.45, 7) is 4.50. The average Bonchev–Trinajstić information content (AvgIpc) is 3.42. The maximum Gasteiger partial charge on any atom is 0.207 e. The number of fused-ring (bicyclic) bond motifs is 8. The zero-order valence-electron chi connectivity index (χ0n) is 24.3. The van der Waals surface area contributed by atoms with Gasteiger partial charge in [0.1, 0.15) is 0 Å². The first-order valence-corrected chi connectivity index (χ1v) is 16.4. The number of rotatable bonds is 2. The Morgan fingerprint density at radius 1 is 0.455 bits per heavy atom. The molecule has 6 aromatic rings. The lowest BCUT2D eigenvalue weighted by molar-refractivity contribution is 0.598. The number of benzene rings is 6. The summed E-state index contributed by atoms with van der Waals surface area (Å²) in [6, 6.07) is 45.6. The Bertz CT molecular complexity index is 2240. The van der Waals surface area contributed by atoms with Gasteiger partial charge in [0, 0.05) is 27.9 Å². The summed E-state index contributed by atoms with van der Waals surface area (Å²) in [5, 5.41) is 0. The summed E-state index contributed by atoms with van der Waals surface area (Å²) in [4.78, 5) is 5.49. The number of sulfone groups is 1. The van der Waals surface area contributed by atoms with Gasteiger partial charge in [-0.05, 0) is 89.0 Å². The number of para-hydroxylation sites is 5. The van der Waals surface area contributed by atoms with Crippen molar-refractivity contribution in [3.8, 4) is 22.3 Å². The van der Waals surface area contributed by atoms with Crippen molar-refractivity contribution in [3.63, 3.8) is 0 Å². The maximum atomic E-state index is 13.6. The molecule has 4 nitrogen and oxygen atoms in total. The third kappa shape index (κ3) is 3.25. The first kappa shape index (κ1) is 25.4. The number of anilines is 6. The Labute approximate surface area is 257 Å². The van der Waals surface area contributed by atoms with Gasteiger partial charge in [-0.15, -0.1) is 0 Å². The highest BCUT2D eigenvalue weighted by molar-refractivity contribution is 7.92. The van der Waals surface area contributed by atoms with Gasteiger partial charge < -0.3 is 9.80 Å². The SMILES string of the molecule is CC1(C)c2cc(N3c4ccccc4N(c4ccccc4)c4ccccc43)ccc2-c2cc3c(cc21)-c1ccccc1S3(=O)=O. The largest absolute Gasteiger partial charge is 0.306 e. The molecule has 0 saturated carbocycles. The van der Waals surface area contributed by atoms with E-state index in [9.17, 15) is 8.42 Å². The molecule has 0 spiro atoms. The number of nitrogens with zero attached hydrogens (tertiary/aromatic N) is 2. The quantitative estimate of drug-likeness (QED) is 0.201. The van der Waals surface area contributed by atoms with Gasteiger partial charge in [0.2, 0.25) is 9.84 Å². The van der Waals surface area contributed by atoms with E-state index in [1.54, 1.807) is 12.1 Å². The normalized spacial score (nSPS) is 16.0. The van der Waals surface area contributed by atoms with Crippen LogP contribution < -0.4 is 9.80 Å². The van der Waals surface area contributed by atoms with Crippen molar-refractivity contribution < 1.29 is 8.42 Å². The lowest BCUT2D eigenvalue weighted by atomic mass is 9.81. The monoisotopic (exact) mass is 588 g/mol. The molecular formula is C39H28N2O2S. The van der Waals surface area contributed by atoms with Crippen LogP contribution in [0.1, 0.15) is 25.0 Å². The predicted molar refractivity (Wildman–Crippen MR) is 178 cm³/mol. The minimum atomic E-state index is -3.56. The van der Waals surface area contributed by atoms with Gasteiger partial charge in [-0.3, -0.25) is 0 Å². The maximum absolute atomic E-state index is 13.6. The van der Waals surface area contributed by atoms with Crippen molar-refractivity contribution >= 4 is 44.0 Å². The second kappa shape index (κ2) is 8.71. The molecule has 0 bridgehead atoms. The van der Waals surface area contributed by atoms with Crippen molar-refractivity contribution in [2.24, 2.45) is 0 Å². The molecule has 2 heterocycles. The molecule has 0 aromatic heterocycles. The molecule has 0 radical (unpaired) electrons. The molecule has 44 heavy (non-hydrogen) atoms. The predicted octanol–water partition coefficient (Wildman–Crippen LogP) is 10.1. The van der Waals surface area contributed by atoms with Crippen molar-refractivity contribution in [1.29, 1.82) is 0 Å². The first-order chi connectivity index (χ1) is 21.4. The van der Waals surface area contributed by atoms with Gasteiger partial charge >= 0.3 is 0 Å². The van der Waals surface area contributed by atoms with E-state index in [0.29, 0.717) is 9.79 Å². The highest BCUT2D eigenvalue weighted by Crippen LogP contribution is 2.57. The van der Waals surface area contributed by atoms with Crippen LogP contribution in [-0.4, -0.2) is 8.42 Å². The molecular weight excluding hydrogens is 561 g/mol. The minimum Gasteiger partial charge on any atom is -0.306 e. The van der Waals surface area contributed by atoms with Crippen LogP contribution >= 0.6 is 0 Å². The fourth-order valence-corrected chi connectivity index (χ4v) is 9.13. The lowest BCUT2D eigenvalue weighted by Gasteiger charge is -2.40. The van der Waals surface area contributed by atoms with E-state index in [0.717, 1.165) is 61.9 Å². The Hall–Kier alpha value is -5.13. The molecule has 0 atom stereocenters. The number of hydrogen-bond acceptors (Lipinski definition) is 4. The Morgan fingerprint density at radius 3 is 1.66 bits per heavy atom. The Balaban J connectivity index is 1.23. The van der Waals surface area contributed by atoms with Crippen LogP contribution in [0.25, 0.3) is 22.3 Å². The van der Waals surface area contributed by atoms with Crippen molar-refractivity contribution in [2.45, 2.75) is 29.1 Å². The molecule has 9 rings (SSSR count). The van der Waals surface area contributed by atoms with Crippen LogP contribution in [0, 0.1) is 0 Å². The van der Waals surface area contributed by atoms with Crippen LogP contribution in [0.3, 0.4) is 0 Å². The van der Waals surface area contributed by atoms with E-state index in [-0.39, 0.29) is 5.41 Å². The summed E-state index contributed by atoms with van der Waals surface area (Å²) in [5.74, 6) is 0. The van der Waals surface area contributed by atoms with E-state index in [4.69, 9.17) is 0 Å². The average molecular weight is 589 g/mol. The van der Waals surface area contributed by atoms with E-state index in [2.05, 4.69) is 121 Å². The Kier molecular flexibility index (Phi) is 5.02. The topological polar surface area (TPSA) is 40.6 Å². The molecule has 6 aromatic carbocycles. The van der Waals surface area contributed by atoms with Gasteiger partial charge in [0.15, 0.2) is 0 Å². The molecule has 0 fully saturated rings. The van der Waals surface area contributed by atoms with E-state index >= 15 is 0 Å². The second-order valence-electron chi connectivity index (χ2n) is 12.2. The molecule has 0 unspecified atom stereocenters. The van der Waals surface area contributed by atoms with Gasteiger partial charge in [-0.2, -0.15) is 0 Å². The zero-order valence-corrected chi connectivity index (χ0v) is 25.1. The lowest BCUT2D eigenvalue weighted by Crippen LogP contribution is -2.24. The fourth-order valence-electron chi connectivity index (χ4n) is 7.44. The molecule has 3 aliphatic rings. The van der Waals surface area contributed by atoms with Crippen LogP contribution in [0.15, 0.2) is 143 Å². The van der Waals surface area contributed by atoms with Crippen molar-refractivity contribution in [1.82, 2.24) is 0 Å². The third-order valence-electron chi connectivity index (χ3n) is 9.52. The highest BCUT2D eigenvalue weighted by Gasteiger charge is 2.41. The van der Waals surface area contributed by atoms with Crippen LogP contribution in [0.2, 0.25) is 0 Å². The van der Waals surface area contributed by atoms with Crippen molar-refractivity contribution in [2.75, 3.05) is 9.80 Å². The van der Waals surface area contributed by atoms with Crippen LogP contribution in [0.4, 0.5) is 34.1 Å². The standard InChI is InChI=1S/C39H28N2O2S/c1-39(2)31-22-26(20-21-27(31)29-24-38-30(23-32(29)39)28-14-6-11-19-37(28)44(38,42)43)41-35-17-9-7-15-33(35)40(25-12-4-3-5-13-25)34-16-8-10-18-36(34)41/h3-24H,1-2H3. The molecule has 0 amide bonds. The van der Waals surface area contributed by atoms with Gasteiger partial charge in [0.25, 0.3) is 0 Å². The van der Waals surface area contributed by atoms with Crippen LogP contribution in [-0.2, 0) is 15.3 Å². The summed E-state index contributed by atoms with van der Waals surface area (Å²) < 4.78 is 27.1. The summed E-state index contributed by atoms with van der Waals surface area (Å²) in [5.41, 5.74) is 12.3. The third-order valence-corrected chi connectivity index (χ3v) is 11.4. The zero-order chi connectivity index (χ0) is 29.8. The molecule has 212 valence electrons. The highest BCUT2D eigenvalue weighted by atomic mass is 32.2. The molecule has 5 heteroatoms. The molecule has 0 saturated heterocycles. The molecule has 0 N–H and O–H groups in total. The van der Waals surface area contributed by atoms with E-state index < -0.39 is 9.84 Å². The minimum absolute atomic E-state index is 0.318. The van der Waals surface area contributed by atoms with E-state index in [1.165, 1.54) is 5.56 Å². The number of hydrogen-bond donors (Lipinski definition) is 0. The first-order valence-electron chi connectivity index (χ1n) is 14.9. The summed E-state index contributed by atoms with van der Waals surface area (Å²) in [6.07, 6.45) is 0. The second-order valence-corrected chi connectivity index (χ2v) is 14.1. The van der Waals surface area contributed by atoms with Gasteiger partial charge in [-0.25, -0.2) is 8.42 Å². The van der Waals surface area contributed by atoms with E-state index in [1.807, 2.05) is 24.3 Å². The summed E-state index contributed by atoms with van der Waals surface area (Å²) >= 11 is 0. The summed E-state index contributed by atoms with van der Waals surface area (Å²) in [7, 11) is -3.56. The molecule has 1 aliphatic carbocycles. The smallest absolute Gasteiger partial charge is 0.207 e. The van der Waals surface area contributed by atoms with Gasteiger partial charge in [-0.1, -0.05) is 80.6 Å². The van der Waals surface area contributed by atoms with Crippen molar-refractivity contribution in [3.05, 3.63) is 145 Å². The van der Waals surface area contributed by atoms with Gasteiger partial charge in [0.05, 0.1) is 32.5 Å². The Morgan fingerprint density at radius 2 is 1.00 bits per heavy atom. The van der Waals surface area contributed by atoms with Crippen LogP contribution in [0.5, 0.6) is 0 Å².